The molecule has 3 N–H and O–H groups in total. The largest absolute Gasteiger partial charge is 0.444 e. The molecule has 100 valence electrons. The van der Waals surface area contributed by atoms with Crippen molar-refractivity contribution in [2.24, 2.45) is 5.84 Å². The lowest BCUT2D eigenvalue weighted by molar-refractivity contribution is 0.0295. The molecule has 1 saturated heterocycles. The zero-order valence-corrected chi connectivity index (χ0v) is 11.1. The van der Waals surface area contributed by atoms with Crippen molar-refractivity contribution in [1.82, 2.24) is 9.73 Å². The molecule has 1 fully saturated rings. The van der Waals surface area contributed by atoms with Gasteiger partial charge in [-0.25, -0.2) is 13.2 Å². The quantitative estimate of drug-likeness (QED) is 0.531. The fraction of sp³-hybridized carbons (Fsp3) is 0.889. The van der Waals surface area contributed by atoms with Crippen LogP contribution in [0.15, 0.2) is 0 Å². The number of carbonyl (C=O) groups excluding carboxylic acids is 1. The number of hydrogen-bond donors (Lipinski definition) is 2. The Morgan fingerprint density at radius 3 is 2.53 bits per heavy atom. The van der Waals surface area contributed by atoms with E-state index in [2.05, 4.69) is 0 Å². The SMILES string of the molecule is CC(C)(C)OC(=O)N1CCC(S(=O)(=O)NN)C1. The zero-order chi connectivity index (χ0) is 13.3. The number of nitrogens with one attached hydrogen (secondary N) is 1. The molecule has 1 amide bonds. The van der Waals surface area contributed by atoms with Gasteiger partial charge < -0.3 is 9.64 Å². The lowest BCUT2D eigenvalue weighted by Gasteiger charge is -2.24. The molecule has 7 nitrogen and oxygen atoms in total. The van der Waals surface area contributed by atoms with Gasteiger partial charge in [0.1, 0.15) is 5.60 Å². The van der Waals surface area contributed by atoms with Gasteiger partial charge in [0.15, 0.2) is 0 Å². The number of ether oxygens (including phenoxy) is 1. The number of sulfonamides is 1. The lowest BCUT2D eigenvalue weighted by atomic mass is 10.2. The number of hydrazine groups is 1. The summed E-state index contributed by atoms with van der Waals surface area (Å²) in [7, 11) is -3.53. The van der Waals surface area contributed by atoms with Gasteiger partial charge >= 0.3 is 6.09 Å². The third-order valence-electron chi connectivity index (χ3n) is 2.40. The Bertz CT molecular complexity index is 388. The molecule has 1 heterocycles. The molecule has 1 unspecified atom stereocenters. The molecule has 0 aromatic carbocycles. The lowest BCUT2D eigenvalue weighted by Crippen LogP contribution is -2.41. The molecule has 0 aromatic rings. The topological polar surface area (TPSA) is 102 Å². The molecular weight excluding hydrogens is 246 g/mol. The molecule has 1 rings (SSSR count). The average molecular weight is 265 g/mol. The second-order valence-electron chi connectivity index (χ2n) is 5.00. The summed E-state index contributed by atoms with van der Waals surface area (Å²) in [5.41, 5.74) is -0.583. The van der Waals surface area contributed by atoms with E-state index in [0.29, 0.717) is 13.0 Å². The van der Waals surface area contributed by atoms with Crippen LogP contribution in [0.1, 0.15) is 27.2 Å². The number of nitrogens with two attached hydrogens (primary N) is 1. The van der Waals surface area contributed by atoms with Crippen LogP contribution in [0, 0.1) is 0 Å². The average Bonchev–Trinajstić information content (AvgIpc) is 2.64. The van der Waals surface area contributed by atoms with E-state index in [1.54, 1.807) is 25.6 Å². The molecule has 0 aliphatic carbocycles. The van der Waals surface area contributed by atoms with E-state index in [-0.39, 0.29) is 6.54 Å². The number of nitrogens with zero attached hydrogens (tertiary/aromatic N) is 1. The van der Waals surface area contributed by atoms with E-state index in [4.69, 9.17) is 10.6 Å². The van der Waals surface area contributed by atoms with Gasteiger partial charge in [-0.3, -0.25) is 5.84 Å². The van der Waals surface area contributed by atoms with E-state index >= 15 is 0 Å². The highest BCUT2D eigenvalue weighted by Gasteiger charge is 2.36. The van der Waals surface area contributed by atoms with Crippen molar-refractivity contribution in [1.29, 1.82) is 0 Å². The molecule has 0 saturated carbocycles. The Hall–Kier alpha value is -0.860. The fourth-order valence-electron chi connectivity index (χ4n) is 1.57. The van der Waals surface area contributed by atoms with Crippen LogP contribution in [0.2, 0.25) is 0 Å². The highest BCUT2D eigenvalue weighted by Crippen LogP contribution is 2.18. The van der Waals surface area contributed by atoms with E-state index in [1.165, 1.54) is 4.90 Å². The van der Waals surface area contributed by atoms with Gasteiger partial charge in [0.25, 0.3) is 0 Å². The van der Waals surface area contributed by atoms with Crippen molar-refractivity contribution in [2.75, 3.05) is 13.1 Å². The third kappa shape index (κ3) is 3.83. The summed E-state index contributed by atoms with van der Waals surface area (Å²) in [6.45, 7) is 5.76. The molecule has 8 heteroatoms. The van der Waals surface area contributed by atoms with Crippen molar-refractivity contribution in [2.45, 2.75) is 38.0 Å². The summed E-state index contributed by atoms with van der Waals surface area (Å²) in [6.07, 6.45) is -0.126. The monoisotopic (exact) mass is 265 g/mol. The van der Waals surface area contributed by atoms with Gasteiger partial charge in [0, 0.05) is 13.1 Å². The Labute approximate surface area is 101 Å². The van der Waals surface area contributed by atoms with Crippen LogP contribution in [0.25, 0.3) is 0 Å². The summed E-state index contributed by atoms with van der Waals surface area (Å²) in [5.74, 6) is 4.94. The van der Waals surface area contributed by atoms with Crippen LogP contribution >= 0.6 is 0 Å². The standard InChI is InChI=1S/C9H19N3O4S/c1-9(2,3)16-8(13)12-5-4-7(6-12)17(14,15)11-10/h7,11H,4-6,10H2,1-3H3. The second kappa shape index (κ2) is 4.79. The summed E-state index contributed by atoms with van der Waals surface area (Å²) in [6, 6.07) is 0. The Kier molecular flexibility index (Phi) is 4.00. The number of likely N-dealkylation sites (tertiary alicyclic amines) is 1. The van der Waals surface area contributed by atoms with E-state index in [9.17, 15) is 13.2 Å². The van der Waals surface area contributed by atoms with Crippen LogP contribution in [0.4, 0.5) is 4.79 Å². The third-order valence-corrected chi connectivity index (χ3v) is 3.99. The highest BCUT2D eigenvalue weighted by atomic mass is 32.2. The summed E-state index contributed by atoms with van der Waals surface area (Å²) >= 11 is 0. The van der Waals surface area contributed by atoms with Gasteiger partial charge in [-0.1, -0.05) is 0 Å². The molecule has 0 aromatic heterocycles. The highest BCUT2D eigenvalue weighted by molar-refractivity contribution is 7.90. The van der Waals surface area contributed by atoms with Gasteiger partial charge in [-0.2, -0.15) is 4.83 Å². The molecular formula is C9H19N3O4S. The van der Waals surface area contributed by atoms with Gasteiger partial charge in [-0.05, 0) is 27.2 Å². The molecule has 1 aliphatic heterocycles. The molecule has 1 atom stereocenters. The van der Waals surface area contributed by atoms with E-state index in [0.717, 1.165) is 0 Å². The predicted octanol–water partition coefficient (Wildman–Crippen LogP) is -0.211. The van der Waals surface area contributed by atoms with Crippen LogP contribution < -0.4 is 10.7 Å². The first kappa shape index (κ1) is 14.2. The first-order chi connectivity index (χ1) is 7.65. The minimum Gasteiger partial charge on any atom is -0.444 e. The maximum absolute atomic E-state index is 11.7. The van der Waals surface area contributed by atoms with Crippen molar-refractivity contribution in [3.05, 3.63) is 0 Å². The molecule has 0 radical (unpaired) electrons. The van der Waals surface area contributed by atoms with Crippen molar-refractivity contribution in [3.8, 4) is 0 Å². The minimum atomic E-state index is -3.53. The van der Waals surface area contributed by atoms with Crippen LogP contribution in [0.3, 0.4) is 0 Å². The number of carbonyl (C=O) groups is 1. The number of amides is 1. The normalized spacial score (nSPS) is 21.6. The van der Waals surface area contributed by atoms with Crippen molar-refractivity contribution >= 4 is 16.1 Å². The van der Waals surface area contributed by atoms with Crippen LogP contribution in [-0.4, -0.2) is 43.4 Å². The van der Waals surface area contributed by atoms with E-state index < -0.39 is 27.0 Å². The van der Waals surface area contributed by atoms with Gasteiger partial charge in [0.05, 0.1) is 5.25 Å². The minimum absolute atomic E-state index is 0.113. The van der Waals surface area contributed by atoms with E-state index in [1.807, 2.05) is 0 Å². The van der Waals surface area contributed by atoms with Crippen LogP contribution in [0.5, 0.6) is 0 Å². The smallest absolute Gasteiger partial charge is 0.410 e. The summed E-state index contributed by atoms with van der Waals surface area (Å²) < 4.78 is 28.0. The van der Waals surface area contributed by atoms with Crippen LogP contribution in [-0.2, 0) is 14.8 Å². The Balaban J connectivity index is 2.60. The Morgan fingerprint density at radius 1 is 1.47 bits per heavy atom. The summed E-state index contributed by atoms with van der Waals surface area (Å²) in [5, 5.41) is -0.667. The molecule has 0 bridgehead atoms. The number of rotatable bonds is 2. The molecule has 17 heavy (non-hydrogen) atoms. The fourth-order valence-corrected chi connectivity index (χ4v) is 2.55. The summed E-state index contributed by atoms with van der Waals surface area (Å²) in [4.78, 5) is 14.8. The maximum Gasteiger partial charge on any atom is 0.410 e. The van der Waals surface area contributed by atoms with Gasteiger partial charge in [-0.15, -0.1) is 0 Å². The maximum atomic E-state index is 11.7. The van der Waals surface area contributed by atoms with Crippen molar-refractivity contribution in [3.63, 3.8) is 0 Å². The first-order valence-corrected chi connectivity index (χ1v) is 6.89. The molecule has 0 spiro atoms. The first-order valence-electron chi connectivity index (χ1n) is 5.35. The second-order valence-corrected chi connectivity index (χ2v) is 6.99. The van der Waals surface area contributed by atoms with Gasteiger partial charge in [0.2, 0.25) is 10.0 Å². The Morgan fingerprint density at radius 2 is 2.06 bits per heavy atom. The molecule has 1 aliphatic rings. The predicted molar refractivity (Wildman–Crippen MR) is 62.5 cm³/mol. The number of hydrogen-bond acceptors (Lipinski definition) is 5. The zero-order valence-electron chi connectivity index (χ0n) is 10.3. The van der Waals surface area contributed by atoms with Crippen molar-refractivity contribution < 1.29 is 17.9 Å².